The van der Waals surface area contributed by atoms with Gasteiger partial charge in [0.2, 0.25) is 0 Å². The molecule has 1 N–H and O–H groups in total. The van der Waals surface area contributed by atoms with Gasteiger partial charge in [-0.2, -0.15) is 0 Å². The maximum atomic E-state index is 4.83. The molecular formula is C15H26N2S. The molecule has 1 aliphatic carbocycles. The normalized spacial score (nSPS) is 23.7. The number of thiazole rings is 1. The standard InChI is InChI=1S/C15H26N2S/c1-10(2)7-16-8-11-6-12(11)13-9-18-14(17-13)15(3,4)5/h9-12,16H,6-8H2,1-5H3. The molecule has 0 amide bonds. The first-order chi connectivity index (χ1) is 8.38. The number of rotatable bonds is 5. The summed E-state index contributed by atoms with van der Waals surface area (Å²) in [7, 11) is 0. The van der Waals surface area contributed by atoms with Gasteiger partial charge in [0, 0.05) is 16.7 Å². The summed E-state index contributed by atoms with van der Waals surface area (Å²) >= 11 is 1.82. The van der Waals surface area contributed by atoms with Crippen LogP contribution in [0.3, 0.4) is 0 Å². The molecule has 1 aliphatic rings. The van der Waals surface area contributed by atoms with Gasteiger partial charge >= 0.3 is 0 Å². The van der Waals surface area contributed by atoms with E-state index in [1.807, 2.05) is 11.3 Å². The molecule has 2 unspecified atom stereocenters. The summed E-state index contributed by atoms with van der Waals surface area (Å²) in [5.74, 6) is 2.28. The molecule has 3 heteroatoms. The van der Waals surface area contributed by atoms with Crippen molar-refractivity contribution >= 4 is 11.3 Å². The lowest BCUT2D eigenvalue weighted by molar-refractivity contribution is 0.531. The Morgan fingerprint density at radius 1 is 1.44 bits per heavy atom. The first kappa shape index (κ1) is 14.0. The number of nitrogens with zero attached hydrogens (tertiary/aromatic N) is 1. The minimum atomic E-state index is 0.198. The highest BCUT2D eigenvalue weighted by molar-refractivity contribution is 7.09. The van der Waals surface area contributed by atoms with E-state index in [4.69, 9.17) is 4.98 Å². The van der Waals surface area contributed by atoms with Gasteiger partial charge in [-0.3, -0.25) is 0 Å². The van der Waals surface area contributed by atoms with Crippen LogP contribution in [0.2, 0.25) is 0 Å². The fourth-order valence-corrected chi connectivity index (χ4v) is 3.17. The average Bonchev–Trinajstić information content (AvgIpc) is 2.83. The van der Waals surface area contributed by atoms with Crippen LogP contribution in [0.1, 0.15) is 57.7 Å². The second kappa shape index (κ2) is 5.30. The molecule has 1 heterocycles. The first-order valence-electron chi connectivity index (χ1n) is 7.04. The second-order valence-corrected chi connectivity index (χ2v) is 7.84. The van der Waals surface area contributed by atoms with Gasteiger partial charge in [-0.05, 0) is 31.3 Å². The fraction of sp³-hybridized carbons (Fsp3) is 0.800. The largest absolute Gasteiger partial charge is 0.316 e. The third kappa shape index (κ3) is 3.55. The van der Waals surface area contributed by atoms with Crippen molar-refractivity contribution in [2.24, 2.45) is 11.8 Å². The Kier molecular flexibility index (Phi) is 4.12. The van der Waals surface area contributed by atoms with E-state index in [-0.39, 0.29) is 5.41 Å². The maximum absolute atomic E-state index is 4.83. The lowest BCUT2D eigenvalue weighted by atomic mass is 9.98. The van der Waals surface area contributed by atoms with Gasteiger partial charge in [-0.25, -0.2) is 4.98 Å². The molecule has 1 aromatic heterocycles. The SMILES string of the molecule is CC(C)CNCC1CC1c1csc(C(C)(C)C)n1. The van der Waals surface area contributed by atoms with Crippen LogP contribution in [-0.2, 0) is 5.41 Å². The minimum absolute atomic E-state index is 0.198. The maximum Gasteiger partial charge on any atom is 0.0981 e. The quantitative estimate of drug-likeness (QED) is 0.877. The molecule has 0 radical (unpaired) electrons. The summed E-state index contributed by atoms with van der Waals surface area (Å²) < 4.78 is 0. The van der Waals surface area contributed by atoms with E-state index >= 15 is 0 Å². The van der Waals surface area contributed by atoms with Crippen LogP contribution in [0.25, 0.3) is 0 Å². The summed E-state index contributed by atoms with van der Waals surface area (Å²) in [5.41, 5.74) is 1.53. The average molecular weight is 266 g/mol. The van der Waals surface area contributed by atoms with Crippen molar-refractivity contribution in [1.82, 2.24) is 10.3 Å². The second-order valence-electron chi connectivity index (χ2n) is 6.98. The fourth-order valence-electron chi connectivity index (χ4n) is 2.19. The van der Waals surface area contributed by atoms with Crippen molar-refractivity contribution in [3.05, 3.63) is 16.1 Å². The van der Waals surface area contributed by atoms with Gasteiger partial charge in [-0.1, -0.05) is 34.6 Å². The van der Waals surface area contributed by atoms with E-state index in [1.165, 1.54) is 17.1 Å². The summed E-state index contributed by atoms with van der Waals surface area (Å²) in [6, 6.07) is 0. The van der Waals surface area contributed by atoms with Crippen molar-refractivity contribution in [2.45, 2.75) is 52.4 Å². The van der Waals surface area contributed by atoms with E-state index in [1.54, 1.807) is 0 Å². The molecule has 0 aliphatic heterocycles. The first-order valence-corrected chi connectivity index (χ1v) is 7.92. The molecule has 18 heavy (non-hydrogen) atoms. The van der Waals surface area contributed by atoms with E-state index in [0.29, 0.717) is 0 Å². The summed E-state index contributed by atoms with van der Waals surface area (Å²) in [6.45, 7) is 13.5. The van der Waals surface area contributed by atoms with Crippen molar-refractivity contribution in [2.75, 3.05) is 13.1 Å². The Bertz CT molecular complexity index is 389. The Morgan fingerprint density at radius 2 is 2.17 bits per heavy atom. The van der Waals surface area contributed by atoms with Gasteiger partial charge in [0.25, 0.3) is 0 Å². The molecule has 1 saturated carbocycles. The summed E-state index contributed by atoms with van der Waals surface area (Å²) in [4.78, 5) is 4.83. The van der Waals surface area contributed by atoms with Crippen LogP contribution in [-0.4, -0.2) is 18.1 Å². The summed E-state index contributed by atoms with van der Waals surface area (Å²) in [6.07, 6.45) is 1.32. The molecule has 2 rings (SSSR count). The molecule has 1 aromatic rings. The lowest BCUT2D eigenvalue weighted by Crippen LogP contribution is -2.22. The molecule has 2 atom stereocenters. The van der Waals surface area contributed by atoms with Crippen LogP contribution >= 0.6 is 11.3 Å². The van der Waals surface area contributed by atoms with Crippen LogP contribution in [0.5, 0.6) is 0 Å². The molecule has 2 nitrogen and oxygen atoms in total. The molecule has 0 saturated heterocycles. The zero-order chi connectivity index (χ0) is 13.3. The van der Waals surface area contributed by atoms with Gasteiger partial charge in [0.05, 0.1) is 10.7 Å². The number of hydrogen-bond donors (Lipinski definition) is 1. The van der Waals surface area contributed by atoms with E-state index in [9.17, 15) is 0 Å². The Labute approximate surface area is 115 Å². The molecule has 102 valence electrons. The van der Waals surface area contributed by atoms with Gasteiger partial charge in [0.15, 0.2) is 0 Å². The number of aromatic nitrogens is 1. The Balaban J connectivity index is 1.82. The van der Waals surface area contributed by atoms with Gasteiger partial charge in [-0.15, -0.1) is 11.3 Å². The zero-order valence-corrected chi connectivity index (χ0v) is 13.1. The minimum Gasteiger partial charge on any atom is -0.316 e. The topological polar surface area (TPSA) is 24.9 Å². The Hall–Kier alpha value is -0.410. The molecule has 0 bridgehead atoms. The third-order valence-electron chi connectivity index (χ3n) is 3.43. The van der Waals surface area contributed by atoms with Crippen molar-refractivity contribution in [1.29, 1.82) is 0 Å². The monoisotopic (exact) mass is 266 g/mol. The molecular weight excluding hydrogens is 240 g/mol. The number of hydrogen-bond acceptors (Lipinski definition) is 3. The summed E-state index contributed by atoms with van der Waals surface area (Å²) in [5, 5.41) is 7.11. The predicted octanol–water partition coefficient (Wildman–Crippen LogP) is 3.79. The van der Waals surface area contributed by atoms with E-state index in [0.717, 1.165) is 30.8 Å². The van der Waals surface area contributed by atoms with E-state index in [2.05, 4.69) is 45.3 Å². The van der Waals surface area contributed by atoms with E-state index < -0.39 is 0 Å². The lowest BCUT2D eigenvalue weighted by Gasteiger charge is -2.13. The van der Waals surface area contributed by atoms with Crippen LogP contribution in [0, 0.1) is 11.8 Å². The highest BCUT2D eigenvalue weighted by atomic mass is 32.1. The smallest absolute Gasteiger partial charge is 0.0981 e. The molecule has 0 spiro atoms. The van der Waals surface area contributed by atoms with Crippen molar-refractivity contribution < 1.29 is 0 Å². The van der Waals surface area contributed by atoms with Crippen molar-refractivity contribution in [3.63, 3.8) is 0 Å². The van der Waals surface area contributed by atoms with Crippen LogP contribution in [0.15, 0.2) is 5.38 Å². The van der Waals surface area contributed by atoms with Gasteiger partial charge in [0.1, 0.15) is 0 Å². The van der Waals surface area contributed by atoms with Gasteiger partial charge < -0.3 is 5.32 Å². The van der Waals surface area contributed by atoms with Crippen LogP contribution in [0.4, 0.5) is 0 Å². The molecule has 1 fully saturated rings. The highest BCUT2D eigenvalue weighted by Gasteiger charge is 2.39. The predicted molar refractivity (Wildman–Crippen MR) is 79.4 cm³/mol. The third-order valence-corrected chi connectivity index (χ3v) is 4.71. The number of nitrogens with one attached hydrogen (secondary N) is 1. The Morgan fingerprint density at radius 3 is 2.72 bits per heavy atom. The van der Waals surface area contributed by atoms with Crippen LogP contribution < -0.4 is 5.32 Å². The van der Waals surface area contributed by atoms with Crippen molar-refractivity contribution in [3.8, 4) is 0 Å². The molecule has 0 aromatic carbocycles. The zero-order valence-electron chi connectivity index (χ0n) is 12.3. The highest BCUT2D eigenvalue weighted by Crippen LogP contribution is 2.47.